The van der Waals surface area contributed by atoms with Crippen molar-refractivity contribution in [2.75, 3.05) is 27.3 Å². The van der Waals surface area contributed by atoms with Gasteiger partial charge in [0, 0.05) is 17.9 Å². The van der Waals surface area contributed by atoms with Gasteiger partial charge in [-0.3, -0.25) is 4.40 Å². The molecule has 0 bridgehead atoms. The lowest BCUT2D eigenvalue weighted by molar-refractivity contribution is -0.929. The van der Waals surface area contributed by atoms with Gasteiger partial charge in [-0.25, -0.2) is 4.98 Å². The van der Waals surface area contributed by atoms with E-state index in [0.29, 0.717) is 11.5 Å². The molecule has 2 aromatic heterocycles. The van der Waals surface area contributed by atoms with Gasteiger partial charge in [-0.05, 0) is 19.9 Å². The Morgan fingerprint density at radius 3 is 2.39 bits per heavy atom. The second kappa shape index (κ2) is 7.52. The number of morpholine rings is 1. The van der Waals surface area contributed by atoms with Gasteiger partial charge < -0.3 is 19.1 Å². The second-order valence-electron chi connectivity index (χ2n) is 7.47. The Morgan fingerprint density at radius 1 is 1.07 bits per heavy atom. The first-order valence-electron chi connectivity index (χ1n) is 9.81. The summed E-state index contributed by atoms with van der Waals surface area (Å²) in [5, 5.41) is 9.97. The normalized spacial score (nSPS) is 22.7. The molecule has 1 unspecified atom stereocenters. The zero-order valence-corrected chi connectivity index (χ0v) is 17.2. The van der Waals surface area contributed by atoms with Gasteiger partial charge in [0.15, 0.2) is 23.0 Å². The Kier molecular flexibility index (Phi) is 5.07. The molecule has 0 spiro atoms. The van der Waals surface area contributed by atoms with E-state index < -0.39 is 0 Å². The molecule has 0 aliphatic carbocycles. The van der Waals surface area contributed by atoms with Crippen LogP contribution in [0.1, 0.15) is 32.4 Å². The fourth-order valence-corrected chi connectivity index (χ4v) is 4.20. The van der Waals surface area contributed by atoms with E-state index in [-0.39, 0.29) is 12.2 Å². The molecule has 1 aliphatic heterocycles. The molecule has 3 heterocycles. The standard InChI is InChI=1S/C20H27N5O3/c1-6-18-21-15-8-17(27-5)16(26-4)7-14(15)20-23-22-19(25(18)20)11-24-9-12(2)28-13(3)10-24/h7-8,12-13H,6,9-11H2,1-5H3/p+1/t12-,13+. The molecule has 150 valence electrons. The van der Waals surface area contributed by atoms with Gasteiger partial charge in [0.05, 0.1) is 19.7 Å². The molecule has 1 aliphatic rings. The van der Waals surface area contributed by atoms with Crippen molar-refractivity contribution in [1.82, 2.24) is 19.6 Å². The minimum absolute atomic E-state index is 0.249. The third kappa shape index (κ3) is 3.27. The first-order valence-corrected chi connectivity index (χ1v) is 9.81. The lowest BCUT2D eigenvalue weighted by Crippen LogP contribution is -3.14. The van der Waals surface area contributed by atoms with Crippen molar-refractivity contribution in [3.63, 3.8) is 0 Å². The Labute approximate surface area is 164 Å². The summed E-state index contributed by atoms with van der Waals surface area (Å²) < 4.78 is 18.9. The van der Waals surface area contributed by atoms with Crippen molar-refractivity contribution < 1.29 is 19.1 Å². The van der Waals surface area contributed by atoms with Crippen LogP contribution in [0.25, 0.3) is 16.6 Å². The van der Waals surface area contributed by atoms with Crippen LogP contribution >= 0.6 is 0 Å². The maximum atomic E-state index is 5.87. The van der Waals surface area contributed by atoms with Gasteiger partial charge in [0.25, 0.3) is 0 Å². The molecule has 3 aromatic rings. The highest BCUT2D eigenvalue weighted by molar-refractivity contribution is 5.93. The lowest BCUT2D eigenvalue weighted by atomic mass is 10.2. The molecule has 1 saturated heterocycles. The summed E-state index contributed by atoms with van der Waals surface area (Å²) in [6.07, 6.45) is 1.29. The molecule has 0 amide bonds. The number of benzene rings is 1. The SMILES string of the molecule is CCc1nc2cc(OC)c(OC)cc2c2nnc(C[NH+]3C[C@@H](C)O[C@@H](C)C3)n12. The zero-order chi connectivity index (χ0) is 19.8. The predicted molar refractivity (Wildman–Crippen MR) is 105 cm³/mol. The number of fused-ring (bicyclic) bond motifs is 3. The maximum absolute atomic E-state index is 5.87. The number of aromatic nitrogens is 4. The molecular weight excluding hydrogens is 358 g/mol. The van der Waals surface area contributed by atoms with Crippen LogP contribution in [-0.4, -0.2) is 59.1 Å². The van der Waals surface area contributed by atoms with Crippen molar-refractivity contribution in [1.29, 1.82) is 0 Å². The molecule has 28 heavy (non-hydrogen) atoms. The summed E-state index contributed by atoms with van der Waals surface area (Å²) in [5.41, 5.74) is 1.65. The largest absolute Gasteiger partial charge is 0.493 e. The van der Waals surface area contributed by atoms with E-state index in [1.165, 1.54) is 4.90 Å². The molecule has 0 saturated carbocycles. The molecule has 1 N–H and O–H groups in total. The minimum atomic E-state index is 0.249. The Balaban J connectivity index is 1.82. The molecule has 1 fully saturated rings. The smallest absolute Gasteiger partial charge is 0.194 e. The molecule has 1 aromatic carbocycles. The van der Waals surface area contributed by atoms with E-state index in [2.05, 4.69) is 35.4 Å². The topological polar surface area (TPSA) is 75.2 Å². The molecule has 8 nitrogen and oxygen atoms in total. The van der Waals surface area contributed by atoms with Crippen LogP contribution < -0.4 is 14.4 Å². The number of hydrogen-bond acceptors (Lipinski definition) is 6. The lowest BCUT2D eigenvalue weighted by Gasteiger charge is -2.31. The Bertz CT molecular complexity index is 993. The Hall–Kier alpha value is -2.45. The number of ether oxygens (including phenoxy) is 3. The number of nitrogens with one attached hydrogen (secondary N) is 1. The quantitative estimate of drug-likeness (QED) is 0.707. The number of quaternary nitrogens is 1. The van der Waals surface area contributed by atoms with Gasteiger partial charge >= 0.3 is 0 Å². The van der Waals surface area contributed by atoms with Crippen LogP contribution in [0.15, 0.2) is 12.1 Å². The van der Waals surface area contributed by atoms with Gasteiger partial charge in [-0.2, -0.15) is 0 Å². The molecule has 0 radical (unpaired) electrons. The third-order valence-corrected chi connectivity index (χ3v) is 5.32. The molecule has 4 rings (SSSR count). The van der Waals surface area contributed by atoms with Crippen LogP contribution in [0.5, 0.6) is 11.5 Å². The van der Waals surface area contributed by atoms with Gasteiger partial charge in [0.1, 0.15) is 37.7 Å². The first kappa shape index (κ1) is 18.9. The number of hydrogen-bond donors (Lipinski definition) is 1. The van der Waals surface area contributed by atoms with E-state index in [1.54, 1.807) is 14.2 Å². The van der Waals surface area contributed by atoms with Crippen LogP contribution in [0.3, 0.4) is 0 Å². The number of rotatable bonds is 5. The van der Waals surface area contributed by atoms with E-state index in [4.69, 9.17) is 19.2 Å². The average molecular weight is 386 g/mol. The van der Waals surface area contributed by atoms with E-state index >= 15 is 0 Å². The van der Waals surface area contributed by atoms with E-state index in [9.17, 15) is 0 Å². The van der Waals surface area contributed by atoms with Crippen molar-refractivity contribution in [3.8, 4) is 11.5 Å². The number of methoxy groups -OCH3 is 2. The highest BCUT2D eigenvalue weighted by Gasteiger charge is 2.28. The van der Waals surface area contributed by atoms with Gasteiger partial charge in [-0.15, -0.1) is 10.2 Å². The van der Waals surface area contributed by atoms with Gasteiger partial charge in [0.2, 0.25) is 0 Å². The maximum Gasteiger partial charge on any atom is 0.194 e. The fraction of sp³-hybridized carbons (Fsp3) is 0.550. The summed E-state index contributed by atoms with van der Waals surface area (Å²) in [6, 6.07) is 3.83. The van der Waals surface area contributed by atoms with Crippen molar-refractivity contribution in [3.05, 3.63) is 23.8 Å². The fourth-order valence-electron chi connectivity index (χ4n) is 4.20. The van der Waals surface area contributed by atoms with Crippen LogP contribution in [0.2, 0.25) is 0 Å². The van der Waals surface area contributed by atoms with E-state index in [1.807, 2.05) is 12.1 Å². The molecule has 8 heteroatoms. The van der Waals surface area contributed by atoms with Crippen LogP contribution in [0, 0.1) is 0 Å². The van der Waals surface area contributed by atoms with Crippen LogP contribution in [-0.2, 0) is 17.7 Å². The van der Waals surface area contributed by atoms with Crippen LogP contribution in [0.4, 0.5) is 0 Å². The van der Waals surface area contributed by atoms with Crippen molar-refractivity contribution >= 4 is 16.6 Å². The molecular formula is C20H28N5O3+. The van der Waals surface area contributed by atoms with Crippen molar-refractivity contribution in [2.24, 2.45) is 0 Å². The summed E-state index contributed by atoms with van der Waals surface area (Å²) >= 11 is 0. The van der Waals surface area contributed by atoms with Gasteiger partial charge in [-0.1, -0.05) is 6.92 Å². The highest BCUT2D eigenvalue weighted by Crippen LogP contribution is 2.33. The summed E-state index contributed by atoms with van der Waals surface area (Å²) in [7, 11) is 3.26. The zero-order valence-electron chi connectivity index (χ0n) is 17.2. The monoisotopic (exact) mass is 386 g/mol. The predicted octanol–water partition coefficient (Wildman–Crippen LogP) is 1.05. The number of aryl methyl sites for hydroxylation is 1. The van der Waals surface area contributed by atoms with E-state index in [0.717, 1.165) is 54.3 Å². The third-order valence-electron chi connectivity index (χ3n) is 5.32. The summed E-state index contributed by atoms with van der Waals surface area (Å²) in [6.45, 7) is 9.09. The molecule has 3 atom stereocenters. The van der Waals surface area contributed by atoms with Crippen molar-refractivity contribution in [2.45, 2.75) is 45.9 Å². The first-order chi connectivity index (χ1) is 13.5. The highest BCUT2D eigenvalue weighted by atomic mass is 16.5. The Morgan fingerprint density at radius 2 is 1.75 bits per heavy atom. The summed E-state index contributed by atoms with van der Waals surface area (Å²) in [4.78, 5) is 6.33. The second-order valence-corrected chi connectivity index (χ2v) is 7.47. The summed E-state index contributed by atoms with van der Waals surface area (Å²) in [5.74, 6) is 3.21. The number of nitrogens with zero attached hydrogens (tertiary/aromatic N) is 4. The average Bonchev–Trinajstić information content (AvgIpc) is 3.09. The minimum Gasteiger partial charge on any atom is -0.493 e.